The van der Waals surface area contributed by atoms with Crippen LogP contribution in [0.25, 0.3) is 0 Å². The summed E-state index contributed by atoms with van der Waals surface area (Å²) in [4.78, 5) is 0. The molecule has 0 aliphatic carbocycles. The van der Waals surface area contributed by atoms with Crippen molar-refractivity contribution in [3.8, 4) is 0 Å². The summed E-state index contributed by atoms with van der Waals surface area (Å²) in [6.07, 6.45) is 3.82. The molecule has 0 aliphatic rings. The van der Waals surface area contributed by atoms with Gasteiger partial charge in [0, 0.05) is 13.2 Å². The van der Waals surface area contributed by atoms with E-state index in [2.05, 4.69) is 0 Å². The van der Waals surface area contributed by atoms with Crippen molar-refractivity contribution >= 4 is 0 Å². The van der Waals surface area contributed by atoms with Crippen molar-refractivity contribution in [3.63, 3.8) is 0 Å². The minimum Gasteiger partial charge on any atom is -0.396 e. The number of rotatable bonds is 12. The van der Waals surface area contributed by atoms with Gasteiger partial charge in [-0.25, -0.2) is 0 Å². The van der Waals surface area contributed by atoms with E-state index in [0.29, 0.717) is 12.8 Å². The summed E-state index contributed by atoms with van der Waals surface area (Å²) in [6, 6.07) is 0. The maximum atomic E-state index is 9.44. The fourth-order valence-corrected chi connectivity index (χ4v) is 1.53. The Morgan fingerprint density at radius 1 is 0.647 bits per heavy atom. The molecule has 0 heterocycles. The molecule has 2 unspecified atom stereocenters. The third kappa shape index (κ3) is 12.1. The SMILES string of the molecule is OCCCCCC(O)OC(O)CCCCCO. The van der Waals surface area contributed by atoms with Gasteiger partial charge in [-0.3, -0.25) is 0 Å². The second-order valence-corrected chi connectivity index (χ2v) is 4.19. The van der Waals surface area contributed by atoms with Gasteiger partial charge < -0.3 is 25.2 Å². The molecule has 2 atom stereocenters. The van der Waals surface area contributed by atoms with E-state index in [0.717, 1.165) is 38.5 Å². The lowest BCUT2D eigenvalue weighted by molar-refractivity contribution is -0.212. The summed E-state index contributed by atoms with van der Waals surface area (Å²) in [5.74, 6) is 0. The highest BCUT2D eigenvalue weighted by atomic mass is 16.7. The van der Waals surface area contributed by atoms with Crippen LogP contribution >= 0.6 is 0 Å². The summed E-state index contributed by atoms with van der Waals surface area (Å²) < 4.78 is 5.00. The van der Waals surface area contributed by atoms with Crippen molar-refractivity contribution in [1.29, 1.82) is 0 Å². The number of hydrogen-bond donors (Lipinski definition) is 4. The van der Waals surface area contributed by atoms with Crippen LogP contribution in [0.1, 0.15) is 51.4 Å². The van der Waals surface area contributed by atoms with Crippen LogP contribution in [0.2, 0.25) is 0 Å². The van der Waals surface area contributed by atoms with Crippen LogP contribution in [-0.2, 0) is 4.74 Å². The second-order valence-electron chi connectivity index (χ2n) is 4.19. The quantitative estimate of drug-likeness (QED) is 0.303. The smallest absolute Gasteiger partial charge is 0.157 e. The Labute approximate surface area is 103 Å². The van der Waals surface area contributed by atoms with Crippen LogP contribution < -0.4 is 0 Å². The summed E-state index contributed by atoms with van der Waals surface area (Å²) in [5, 5.41) is 36.0. The first-order valence-corrected chi connectivity index (χ1v) is 6.44. The molecule has 5 nitrogen and oxygen atoms in total. The van der Waals surface area contributed by atoms with Crippen molar-refractivity contribution in [2.75, 3.05) is 13.2 Å². The summed E-state index contributed by atoms with van der Waals surface area (Å²) in [5.41, 5.74) is 0. The predicted octanol–water partition coefficient (Wildman–Crippen LogP) is 0.745. The number of aliphatic hydroxyl groups is 4. The molecule has 0 aromatic carbocycles. The largest absolute Gasteiger partial charge is 0.396 e. The Morgan fingerprint density at radius 2 is 1.06 bits per heavy atom. The van der Waals surface area contributed by atoms with Crippen LogP contribution in [-0.4, -0.2) is 46.2 Å². The molecule has 0 radical (unpaired) electrons. The Kier molecular flexibility index (Phi) is 12.1. The first-order chi connectivity index (χ1) is 8.20. The van der Waals surface area contributed by atoms with E-state index in [9.17, 15) is 10.2 Å². The minimum absolute atomic E-state index is 0.171. The van der Waals surface area contributed by atoms with Crippen LogP contribution in [0, 0.1) is 0 Å². The summed E-state index contributed by atoms with van der Waals surface area (Å²) >= 11 is 0. The molecule has 104 valence electrons. The van der Waals surface area contributed by atoms with E-state index in [1.807, 2.05) is 0 Å². The van der Waals surface area contributed by atoms with Gasteiger partial charge in [0.15, 0.2) is 12.6 Å². The maximum absolute atomic E-state index is 9.44. The number of hydrogen-bond acceptors (Lipinski definition) is 5. The van der Waals surface area contributed by atoms with E-state index in [1.165, 1.54) is 0 Å². The molecule has 4 N–H and O–H groups in total. The van der Waals surface area contributed by atoms with Gasteiger partial charge >= 0.3 is 0 Å². The topological polar surface area (TPSA) is 90.2 Å². The first-order valence-electron chi connectivity index (χ1n) is 6.44. The molecular formula is C12H26O5. The molecule has 0 rings (SSSR count). The lowest BCUT2D eigenvalue weighted by Crippen LogP contribution is -2.21. The molecule has 0 saturated heterocycles. The number of ether oxygens (including phenoxy) is 1. The second kappa shape index (κ2) is 12.3. The van der Waals surface area contributed by atoms with Crippen LogP contribution in [0.3, 0.4) is 0 Å². The molecule has 0 spiro atoms. The van der Waals surface area contributed by atoms with Gasteiger partial charge in [-0.1, -0.05) is 12.8 Å². The Hall–Kier alpha value is -0.200. The molecule has 17 heavy (non-hydrogen) atoms. The zero-order chi connectivity index (χ0) is 12.9. The summed E-state index contributed by atoms with van der Waals surface area (Å²) in [7, 11) is 0. The molecule has 0 saturated carbocycles. The Balaban J connectivity index is 3.35. The van der Waals surface area contributed by atoms with Gasteiger partial charge in [0.2, 0.25) is 0 Å². The summed E-state index contributed by atoms with van der Waals surface area (Å²) in [6.45, 7) is 0.342. The highest BCUT2D eigenvalue weighted by Crippen LogP contribution is 2.10. The van der Waals surface area contributed by atoms with E-state index < -0.39 is 12.6 Å². The lowest BCUT2D eigenvalue weighted by Gasteiger charge is -2.17. The van der Waals surface area contributed by atoms with Crippen molar-refractivity contribution in [1.82, 2.24) is 0 Å². The van der Waals surface area contributed by atoms with E-state index in [1.54, 1.807) is 0 Å². The predicted molar refractivity (Wildman–Crippen MR) is 64.2 cm³/mol. The van der Waals surface area contributed by atoms with Crippen LogP contribution in [0.4, 0.5) is 0 Å². The van der Waals surface area contributed by atoms with Gasteiger partial charge in [0.25, 0.3) is 0 Å². The molecule has 0 aromatic heterocycles. The Bertz CT molecular complexity index is 138. The first kappa shape index (κ1) is 16.8. The van der Waals surface area contributed by atoms with E-state index >= 15 is 0 Å². The number of unbranched alkanes of at least 4 members (excludes halogenated alkanes) is 4. The van der Waals surface area contributed by atoms with E-state index in [-0.39, 0.29) is 13.2 Å². The van der Waals surface area contributed by atoms with Crippen LogP contribution in [0.5, 0.6) is 0 Å². The average molecular weight is 250 g/mol. The van der Waals surface area contributed by atoms with Gasteiger partial charge in [-0.15, -0.1) is 0 Å². The lowest BCUT2D eigenvalue weighted by atomic mass is 10.2. The molecular weight excluding hydrogens is 224 g/mol. The normalized spacial score (nSPS) is 14.8. The molecule has 0 amide bonds. The monoisotopic (exact) mass is 250 g/mol. The van der Waals surface area contributed by atoms with Crippen molar-refractivity contribution in [2.45, 2.75) is 63.9 Å². The molecule has 0 bridgehead atoms. The standard InChI is InChI=1S/C12H26O5/c13-9-5-1-3-7-11(15)17-12(16)8-4-2-6-10-14/h11-16H,1-10H2. The fourth-order valence-electron chi connectivity index (χ4n) is 1.53. The van der Waals surface area contributed by atoms with Gasteiger partial charge in [-0.05, 0) is 38.5 Å². The third-order valence-corrected chi connectivity index (χ3v) is 2.53. The van der Waals surface area contributed by atoms with Gasteiger partial charge in [-0.2, -0.15) is 0 Å². The zero-order valence-electron chi connectivity index (χ0n) is 10.4. The van der Waals surface area contributed by atoms with Gasteiger partial charge in [0.1, 0.15) is 0 Å². The Morgan fingerprint density at radius 3 is 1.41 bits per heavy atom. The van der Waals surface area contributed by atoms with Crippen LogP contribution in [0.15, 0.2) is 0 Å². The van der Waals surface area contributed by atoms with Crippen molar-refractivity contribution in [2.24, 2.45) is 0 Å². The molecule has 0 aliphatic heterocycles. The molecule has 5 heteroatoms. The fraction of sp³-hybridized carbons (Fsp3) is 1.00. The highest BCUT2D eigenvalue weighted by molar-refractivity contribution is 4.50. The average Bonchev–Trinajstić information content (AvgIpc) is 2.30. The third-order valence-electron chi connectivity index (χ3n) is 2.53. The number of aliphatic hydroxyl groups excluding tert-OH is 4. The minimum atomic E-state index is -0.929. The van der Waals surface area contributed by atoms with E-state index in [4.69, 9.17) is 14.9 Å². The van der Waals surface area contributed by atoms with Gasteiger partial charge in [0.05, 0.1) is 0 Å². The highest BCUT2D eigenvalue weighted by Gasteiger charge is 2.10. The molecule has 0 aromatic rings. The maximum Gasteiger partial charge on any atom is 0.157 e. The zero-order valence-corrected chi connectivity index (χ0v) is 10.4. The van der Waals surface area contributed by atoms with Crippen molar-refractivity contribution < 1.29 is 25.2 Å². The van der Waals surface area contributed by atoms with Crippen molar-refractivity contribution in [3.05, 3.63) is 0 Å². The molecule has 0 fully saturated rings.